The van der Waals surface area contributed by atoms with Gasteiger partial charge in [0.1, 0.15) is 0 Å². The Hall–Kier alpha value is -0.670. The third-order valence-electron chi connectivity index (χ3n) is 9.01. The number of fused-ring (bicyclic) bond motifs is 2. The lowest BCUT2D eigenvalue weighted by Crippen LogP contribution is -2.26. The van der Waals surface area contributed by atoms with Crippen LogP contribution in [-0.4, -0.2) is 72.7 Å². The number of amides is 1. The fourth-order valence-corrected chi connectivity index (χ4v) is 9.65. The van der Waals surface area contributed by atoms with Crippen LogP contribution in [0.2, 0.25) is 0 Å². The van der Waals surface area contributed by atoms with Crippen LogP contribution in [0.25, 0.3) is 0 Å². The molecule has 284 valence electrons. The molecule has 0 aromatic carbocycles. The molecule has 2 aliphatic carbocycles. The maximum absolute atomic E-state index is 12.1. The van der Waals surface area contributed by atoms with Crippen molar-refractivity contribution in [2.75, 3.05) is 51.6 Å². The van der Waals surface area contributed by atoms with E-state index in [1.807, 2.05) is 33.3 Å². The zero-order valence-electron chi connectivity index (χ0n) is 29.1. The molecule has 3 rings (SSSR count). The summed E-state index contributed by atoms with van der Waals surface area (Å²) in [5.74, 6) is 3.76. The van der Waals surface area contributed by atoms with Crippen LogP contribution in [0.5, 0.6) is 0 Å². The molecule has 1 amide bonds. The number of hydrogen-bond acceptors (Lipinski definition) is 14. The number of unbranched alkanes of at least 4 members (excludes halogenated alkanes) is 9. The summed E-state index contributed by atoms with van der Waals surface area (Å²) >= 11 is 0. The Labute approximate surface area is 299 Å². The fourth-order valence-electron chi connectivity index (χ4n) is 6.12. The fraction of sp³-hybridized carbons (Fsp3) is 0.903. The molecule has 0 spiro atoms. The molecule has 0 saturated heterocycles. The molecule has 2 unspecified atom stereocenters. The molecule has 1 fully saturated rings. The first-order chi connectivity index (χ1) is 23.6. The van der Waals surface area contributed by atoms with Crippen LogP contribution in [-0.2, 0) is 51.9 Å². The first-order valence-electron chi connectivity index (χ1n) is 17.8. The number of aryl methyl sites for hydroxylation is 2. The standard InChI is InChI=1S/C31H58N4O10P2S2/c1-35-30-18-16-27-26(15-17-29(30)33-34-35)28(27)25-42-31(36)32-19-9-3-4-10-21-44-47(39,40)45-22-12-6-8-14-24-49-48-23-13-7-5-11-20-43-46(37,38)41-2/h26-28H,3-25H2,1-2H3,(H,32,36)(H,37,38)(H,39,40)/p-2/t26-,27+,28-/m1/s1. The molecule has 14 nitrogen and oxygen atoms in total. The minimum atomic E-state index is -4.28. The molecule has 49 heavy (non-hydrogen) atoms. The topological polar surface area (TPSA) is 186 Å². The zero-order chi connectivity index (χ0) is 35.4. The van der Waals surface area contributed by atoms with Crippen LogP contribution >= 0.6 is 37.2 Å². The van der Waals surface area contributed by atoms with E-state index in [4.69, 9.17) is 13.8 Å². The Kier molecular flexibility index (Phi) is 20.8. The van der Waals surface area contributed by atoms with Gasteiger partial charge in [-0.25, -0.2) is 4.79 Å². The summed E-state index contributed by atoms with van der Waals surface area (Å²) in [5, 5.41) is 11.3. The summed E-state index contributed by atoms with van der Waals surface area (Å²) in [7, 11) is -1.65. The van der Waals surface area contributed by atoms with Crippen LogP contribution in [0.4, 0.5) is 4.79 Å². The average Bonchev–Trinajstić information content (AvgIpc) is 3.60. The molecule has 18 heteroatoms. The number of phosphoric ester groups is 2. The molecule has 1 N–H and O–H groups in total. The molecule has 0 radical (unpaired) electrons. The van der Waals surface area contributed by atoms with Gasteiger partial charge in [0.15, 0.2) is 0 Å². The Morgan fingerprint density at radius 1 is 0.816 bits per heavy atom. The van der Waals surface area contributed by atoms with Gasteiger partial charge in [0.05, 0.1) is 37.8 Å². The lowest BCUT2D eigenvalue weighted by molar-refractivity contribution is -0.226. The molecular weight excluding hydrogens is 714 g/mol. The van der Waals surface area contributed by atoms with Crippen molar-refractivity contribution in [3.63, 3.8) is 0 Å². The van der Waals surface area contributed by atoms with Crippen molar-refractivity contribution in [3.05, 3.63) is 11.4 Å². The van der Waals surface area contributed by atoms with Gasteiger partial charge in [-0.05, 0) is 82.0 Å². The number of phosphoric acid groups is 2. The van der Waals surface area contributed by atoms with Gasteiger partial charge in [0.2, 0.25) is 0 Å². The largest absolute Gasteiger partial charge is 0.756 e. The van der Waals surface area contributed by atoms with Crippen molar-refractivity contribution < 1.29 is 46.5 Å². The summed E-state index contributed by atoms with van der Waals surface area (Å²) in [6, 6.07) is 0. The van der Waals surface area contributed by atoms with Crippen LogP contribution in [0.15, 0.2) is 0 Å². The maximum Gasteiger partial charge on any atom is 0.407 e. The van der Waals surface area contributed by atoms with Crippen LogP contribution in [0.3, 0.4) is 0 Å². The zero-order valence-corrected chi connectivity index (χ0v) is 32.6. The first kappa shape index (κ1) is 42.7. The Bertz CT molecular complexity index is 1180. The van der Waals surface area contributed by atoms with Gasteiger partial charge >= 0.3 is 6.09 Å². The summed E-state index contributed by atoms with van der Waals surface area (Å²) in [6.45, 7) is 1.39. The number of aromatic nitrogens is 3. The van der Waals surface area contributed by atoms with Gasteiger partial charge in [-0.3, -0.25) is 13.8 Å². The summed E-state index contributed by atoms with van der Waals surface area (Å²) in [5.41, 5.74) is 2.34. The number of rotatable bonds is 28. The molecule has 1 heterocycles. The van der Waals surface area contributed by atoms with E-state index in [0.717, 1.165) is 108 Å². The quantitative estimate of drug-likeness (QED) is 0.0596. The molecule has 2 aliphatic rings. The Morgan fingerprint density at radius 2 is 1.35 bits per heavy atom. The van der Waals surface area contributed by atoms with Crippen LogP contribution in [0, 0.1) is 17.8 Å². The van der Waals surface area contributed by atoms with E-state index in [2.05, 4.69) is 24.7 Å². The van der Waals surface area contributed by atoms with E-state index in [0.29, 0.717) is 50.2 Å². The number of ether oxygens (including phenoxy) is 1. The number of carbonyl (C=O) groups is 1. The highest BCUT2D eigenvalue weighted by Gasteiger charge is 2.50. The predicted molar refractivity (Wildman–Crippen MR) is 188 cm³/mol. The van der Waals surface area contributed by atoms with Crippen molar-refractivity contribution in [2.24, 2.45) is 24.8 Å². The summed E-state index contributed by atoms with van der Waals surface area (Å²) in [6.07, 6.45) is 14.1. The molecule has 0 aliphatic heterocycles. The van der Waals surface area contributed by atoms with E-state index in [1.54, 1.807) is 0 Å². The van der Waals surface area contributed by atoms with Crippen molar-refractivity contribution in [3.8, 4) is 0 Å². The predicted octanol–water partition coefficient (Wildman–Crippen LogP) is 5.98. The van der Waals surface area contributed by atoms with Gasteiger partial charge < -0.3 is 37.9 Å². The SMILES string of the molecule is COP(=O)([O-])OCCCCCCSSCCCCCCOP(=O)([O-])OCCCCCCNC(=O)OC[C@@H]1[C@@H]2CCc3nnn(C)c3CC[C@@H]21. The molecular formula is C31H56N4O10P2S2-2. The normalized spacial score (nSPS) is 21.1. The highest BCUT2D eigenvalue weighted by atomic mass is 33.1. The number of alkyl carbamates (subject to hydrolysis) is 1. The Balaban J connectivity index is 1.03. The lowest BCUT2D eigenvalue weighted by Gasteiger charge is -2.22. The van der Waals surface area contributed by atoms with E-state index < -0.39 is 15.6 Å². The monoisotopic (exact) mass is 770 g/mol. The van der Waals surface area contributed by atoms with Crippen molar-refractivity contribution in [1.82, 2.24) is 20.3 Å². The van der Waals surface area contributed by atoms with E-state index in [9.17, 15) is 23.7 Å². The van der Waals surface area contributed by atoms with Gasteiger partial charge in [-0.15, -0.1) is 5.10 Å². The summed E-state index contributed by atoms with van der Waals surface area (Å²) < 4.78 is 49.3. The van der Waals surface area contributed by atoms with E-state index in [1.165, 1.54) is 5.69 Å². The number of carbonyl (C=O) groups excluding carboxylic acids is 1. The third-order valence-corrected chi connectivity index (χ3v) is 13.5. The van der Waals surface area contributed by atoms with Crippen LogP contribution in [0.1, 0.15) is 101 Å². The second-order valence-corrected chi connectivity index (χ2v) is 18.3. The lowest BCUT2D eigenvalue weighted by atomic mass is 10.0. The highest BCUT2D eigenvalue weighted by molar-refractivity contribution is 8.76. The average molecular weight is 771 g/mol. The second-order valence-electron chi connectivity index (χ2n) is 12.7. The second kappa shape index (κ2) is 23.8. The van der Waals surface area contributed by atoms with Crippen LogP contribution < -0.4 is 15.1 Å². The smallest absolute Gasteiger partial charge is 0.407 e. The molecule has 1 aromatic rings. The first-order valence-corrected chi connectivity index (χ1v) is 23.2. The molecule has 0 bridgehead atoms. The van der Waals surface area contributed by atoms with Gasteiger partial charge in [-0.1, -0.05) is 65.3 Å². The minimum absolute atomic E-state index is 0.0971. The van der Waals surface area contributed by atoms with E-state index >= 15 is 0 Å². The van der Waals surface area contributed by atoms with Gasteiger partial charge in [0.25, 0.3) is 15.6 Å². The molecule has 1 aromatic heterocycles. The van der Waals surface area contributed by atoms with Crippen molar-refractivity contribution in [1.29, 1.82) is 0 Å². The maximum atomic E-state index is 12.1. The minimum Gasteiger partial charge on any atom is -0.756 e. The third kappa shape index (κ3) is 18.1. The van der Waals surface area contributed by atoms with Gasteiger partial charge in [-0.2, -0.15) is 0 Å². The summed E-state index contributed by atoms with van der Waals surface area (Å²) in [4.78, 5) is 35.2. The number of nitrogens with zero attached hydrogens (tertiary/aromatic N) is 3. The highest BCUT2D eigenvalue weighted by Crippen LogP contribution is 2.53. The molecule has 5 atom stereocenters. The van der Waals surface area contributed by atoms with E-state index in [-0.39, 0.29) is 25.9 Å². The molecule has 1 saturated carbocycles. The van der Waals surface area contributed by atoms with Gasteiger partial charge in [0, 0.05) is 32.2 Å². The number of nitrogens with one attached hydrogen (secondary N) is 1. The van der Waals surface area contributed by atoms with Crippen molar-refractivity contribution in [2.45, 2.75) is 103 Å². The van der Waals surface area contributed by atoms with Crippen molar-refractivity contribution >= 4 is 43.3 Å². The Morgan fingerprint density at radius 3 is 1.94 bits per heavy atom. The number of hydrogen-bond donors (Lipinski definition) is 1.